The van der Waals surface area contributed by atoms with Gasteiger partial charge in [-0.1, -0.05) is 23.7 Å². The van der Waals surface area contributed by atoms with E-state index in [1.54, 1.807) is 12.1 Å². The minimum atomic E-state index is -0.275. The van der Waals surface area contributed by atoms with Crippen molar-refractivity contribution in [1.29, 1.82) is 0 Å². The lowest BCUT2D eigenvalue weighted by molar-refractivity contribution is 0.141. The predicted molar refractivity (Wildman–Crippen MR) is 107 cm³/mol. The standard InChI is InChI=1S/C21H24ClFN2O2/c1-2-26-13-5-7-20-16(15-27-18-11-9-17(23)10-12-18)14-25(24-20)21-8-4-3-6-19(21)22/h3-4,6,8-12,14,20,24H,2,5,7,13,15H2,1H3. The lowest BCUT2D eigenvalue weighted by Gasteiger charge is -2.21. The average Bonchev–Trinajstić information content (AvgIpc) is 3.08. The zero-order chi connectivity index (χ0) is 19.1. The summed E-state index contributed by atoms with van der Waals surface area (Å²) < 4.78 is 24.4. The molecule has 1 unspecified atom stereocenters. The summed E-state index contributed by atoms with van der Waals surface area (Å²) in [5, 5.41) is 2.62. The van der Waals surface area contributed by atoms with E-state index < -0.39 is 0 Å². The van der Waals surface area contributed by atoms with Crippen molar-refractivity contribution in [2.45, 2.75) is 25.8 Å². The topological polar surface area (TPSA) is 33.7 Å². The minimum Gasteiger partial charge on any atom is -0.489 e. The fourth-order valence-electron chi connectivity index (χ4n) is 2.95. The van der Waals surface area contributed by atoms with Gasteiger partial charge in [0.05, 0.1) is 16.8 Å². The van der Waals surface area contributed by atoms with Crippen LogP contribution in [0.5, 0.6) is 5.75 Å². The molecular formula is C21H24ClFN2O2. The minimum absolute atomic E-state index is 0.127. The summed E-state index contributed by atoms with van der Waals surface area (Å²) in [5.41, 5.74) is 5.48. The zero-order valence-corrected chi connectivity index (χ0v) is 16.1. The lowest BCUT2D eigenvalue weighted by Crippen LogP contribution is -2.37. The molecule has 1 atom stereocenters. The first kappa shape index (κ1) is 19.7. The highest BCUT2D eigenvalue weighted by atomic mass is 35.5. The van der Waals surface area contributed by atoms with E-state index in [9.17, 15) is 4.39 Å². The predicted octanol–water partition coefficient (Wildman–Crippen LogP) is 4.95. The Labute approximate surface area is 164 Å². The molecule has 0 radical (unpaired) electrons. The number of nitrogens with zero attached hydrogens (tertiary/aromatic N) is 1. The van der Waals surface area contributed by atoms with Crippen molar-refractivity contribution in [1.82, 2.24) is 5.43 Å². The Hall–Kier alpha value is -2.08. The molecule has 0 saturated carbocycles. The first-order valence-corrected chi connectivity index (χ1v) is 9.52. The van der Waals surface area contributed by atoms with Gasteiger partial charge in [-0.15, -0.1) is 0 Å². The summed E-state index contributed by atoms with van der Waals surface area (Å²) in [5.74, 6) is 0.365. The highest BCUT2D eigenvalue weighted by molar-refractivity contribution is 6.33. The monoisotopic (exact) mass is 390 g/mol. The molecule has 0 aliphatic carbocycles. The molecule has 3 rings (SSSR count). The number of ether oxygens (including phenoxy) is 2. The Kier molecular flexibility index (Phi) is 7.10. The van der Waals surface area contributed by atoms with Crippen LogP contribution in [0.3, 0.4) is 0 Å². The lowest BCUT2D eigenvalue weighted by atomic mass is 10.1. The van der Waals surface area contributed by atoms with Gasteiger partial charge in [-0.3, -0.25) is 5.01 Å². The van der Waals surface area contributed by atoms with Crippen LogP contribution in [0.4, 0.5) is 10.1 Å². The molecule has 0 bridgehead atoms. The van der Waals surface area contributed by atoms with Crippen LogP contribution in [-0.4, -0.2) is 25.9 Å². The Balaban J connectivity index is 1.69. The molecule has 1 aliphatic rings. The van der Waals surface area contributed by atoms with Crippen LogP contribution in [0.25, 0.3) is 0 Å². The number of para-hydroxylation sites is 1. The van der Waals surface area contributed by atoms with Gasteiger partial charge in [-0.25, -0.2) is 9.82 Å². The summed E-state index contributed by atoms with van der Waals surface area (Å²) >= 11 is 6.34. The number of benzene rings is 2. The number of halogens is 2. The molecule has 0 amide bonds. The second-order valence-electron chi connectivity index (χ2n) is 6.29. The number of hydrogen-bond donors (Lipinski definition) is 1. The molecule has 1 N–H and O–H groups in total. The molecule has 2 aromatic rings. The van der Waals surface area contributed by atoms with Crippen LogP contribution in [-0.2, 0) is 4.74 Å². The first-order chi connectivity index (χ1) is 13.2. The quantitative estimate of drug-likeness (QED) is 0.614. The highest BCUT2D eigenvalue weighted by Gasteiger charge is 2.25. The van der Waals surface area contributed by atoms with Gasteiger partial charge < -0.3 is 9.47 Å². The Morgan fingerprint density at radius 3 is 2.67 bits per heavy atom. The van der Waals surface area contributed by atoms with Crippen LogP contribution in [0.1, 0.15) is 19.8 Å². The number of rotatable bonds is 9. The molecular weight excluding hydrogens is 367 g/mol. The molecule has 0 saturated heterocycles. The van der Waals surface area contributed by atoms with Crippen molar-refractivity contribution >= 4 is 17.3 Å². The van der Waals surface area contributed by atoms with Crippen molar-refractivity contribution < 1.29 is 13.9 Å². The second kappa shape index (κ2) is 9.74. The van der Waals surface area contributed by atoms with Crippen molar-refractivity contribution in [2.24, 2.45) is 0 Å². The van der Waals surface area contributed by atoms with Crippen molar-refractivity contribution in [3.05, 3.63) is 71.1 Å². The Morgan fingerprint density at radius 1 is 1.15 bits per heavy atom. The number of anilines is 1. The largest absolute Gasteiger partial charge is 0.489 e. The van der Waals surface area contributed by atoms with Crippen molar-refractivity contribution in [3.63, 3.8) is 0 Å². The van der Waals surface area contributed by atoms with E-state index in [0.717, 1.165) is 37.3 Å². The third-order valence-corrected chi connectivity index (χ3v) is 4.67. The smallest absolute Gasteiger partial charge is 0.123 e. The van der Waals surface area contributed by atoms with Crippen LogP contribution in [0, 0.1) is 5.82 Å². The number of hydrogen-bond acceptors (Lipinski definition) is 4. The van der Waals surface area contributed by atoms with Crippen LogP contribution in [0.15, 0.2) is 60.3 Å². The molecule has 1 aliphatic heterocycles. The molecule has 6 heteroatoms. The average molecular weight is 391 g/mol. The van der Waals surface area contributed by atoms with E-state index in [-0.39, 0.29) is 11.9 Å². The van der Waals surface area contributed by atoms with Gasteiger partial charge in [0.25, 0.3) is 0 Å². The summed E-state index contributed by atoms with van der Waals surface area (Å²) in [6.07, 6.45) is 3.88. The Bertz CT molecular complexity index is 767. The van der Waals surface area contributed by atoms with E-state index in [2.05, 4.69) is 5.43 Å². The highest BCUT2D eigenvalue weighted by Crippen LogP contribution is 2.29. The third kappa shape index (κ3) is 5.45. The molecule has 27 heavy (non-hydrogen) atoms. The van der Waals surface area contributed by atoms with Gasteiger partial charge in [0.2, 0.25) is 0 Å². The molecule has 0 spiro atoms. The number of hydrazine groups is 1. The van der Waals surface area contributed by atoms with Gasteiger partial charge in [0.1, 0.15) is 18.2 Å². The summed E-state index contributed by atoms with van der Waals surface area (Å²) in [7, 11) is 0. The summed E-state index contributed by atoms with van der Waals surface area (Å²) in [6, 6.07) is 13.9. The maximum Gasteiger partial charge on any atom is 0.123 e. The SMILES string of the molecule is CCOCCCC1NN(c2ccccc2Cl)C=C1COc1ccc(F)cc1. The molecule has 0 aromatic heterocycles. The summed E-state index contributed by atoms with van der Waals surface area (Å²) in [6.45, 7) is 3.86. The van der Waals surface area contributed by atoms with Gasteiger partial charge in [-0.05, 0) is 56.2 Å². The summed E-state index contributed by atoms with van der Waals surface area (Å²) in [4.78, 5) is 0. The third-order valence-electron chi connectivity index (χ3n) is 4.35. The van der Waals surface area contributed by atoms with Crippen molar-refractivity contribution in [2.75, 3.05) is 24.8 Å². The van der Waals surface area contributed by atoms with Crippen LogP contribution < -0.4 is 15.2 Å². The van der Waals surface area contributed by atoms with Gasteiger partial charge >= 0.3 is 0 Å². The van der Waals surface area contributed by atoms with E-state index in [1.807, 2.05) is 42.4 Å². The fourth-order valence-corrected chi connectivity index (χ4v) is 3.18. The molecule has 144 valence electrons. The van der Waals surface area contributed by atoms with Crippen molar-refractivity contribution in [3.8, 4) is 5.75 Å². The van der Waals surface area contributed by atoms with E-state index in [4.69, 9.17) is 21.1 Å². The maximum absolute atomic E-state index is 13.1. The molecule has 4 nitrogen and oxygen atoms in total. The van der Waals surface area contributed by atoms with E-state index in [1.165, 1.54) is 12.1 Å². The number of nitrogens with one attached hydrogen (secondary N) is 1. The zero-order valence-electron chi connectivity index (χ0n) is 15.3. The fraction of sp³-hybridized carbons (Fsp3) is 0.333. The maximum atomic E-state index is 13.1. The second-order valence-corrected chi connectivity index (χ2v) is 6.70. The molecule has 0 fully saturated rings. The van der Waals surface area contributed by atoms with Gasteiger partial charge in [0, 0.05) is 25.0 Å². The van der Waals surface area contributed by atoms with Gasteiger partial charge in [0.15, 0.2) is 0 Å². The Morgan fingerprint density at radius 2 is 1.93 bits per heavy atom. The first-order valence-electron chi connectivity index (χ1n) is 9.14. The van der Waals surface area contributed by atoms with Gasteiger partial charge in [-0.2, -0.15) is 0 Å². The molecule has 1 heterocycles. The molecule has 2 aromatic carbocycles. The van der Waals surface area contributed by atoms with E-state index >= 15 is 0 Å². The normalized spacial score (nSPS) is 16.5. The van der Waals surface area contributed by atoms with Crippen LogP contribution >= 0.6 is 11.6 Å². The van der Waals surface area contributed by atoms with E-state index in [0.29, 0.717) is 17.4 Å². The van der Waals surface area contributed by atoms with Crippen LogP contribution in [0.2, 0.25) is 5.02 Å².